The van der Waals surface area contributed by atoms with Crippen LogP contribution >= 0.6 is 11.8 Å². The van der Waals surface area contributed by atoms with Crippen LogP contribution in [-0.4, -0.2) is 82.5 Å². The van der Waals surface area contributed by atoms with Gasteiger partial charge in [0.15, 0.2) is 0 Å². The van der Waals surface area contributed by atoms with Gasteiger partial charge in [0.25, 0.3) is 5.69 Å². The molecule has 29 heavy (non-hydrogen) atoms. The summed E-state index contributed by atoms with van der Waals surface area (Å²) in [6, 6.07) is 6.27. The summed E-state index contributed by atoms with van der Waals surface area (Å²) in [5.74, 6) is 0.266. The molecule has 0 radical (unpaired) electrons. The minimum absolute atomic E-state index is 0.0450. The number of nitro groups is 1. The maximum atomic E-state index is 12.8. The Morgan fingerprint density at radius 3 is 2.21 bits per heavy atom. The molecule has 2 saturated heterocycles. The highest BCUT2D eigenvalue weighted by molar-refractivity contribution is 8.00. The molecule has 2 aliphatic rings. The summed E-state index contributed by atoms with van der Waals surface area (Å²) >= 11 is 1.41. The first kappa shape index (κ1) is 21.6. The molecule has 9 heteroatoms. The van der Waals surface area contributed by atoms with E-state index in [4.69, 9.17) is 0 Å². The minimum atomic E-state index is -0.432. The summed E-state index contributed by atoms with van der Waals surface area (Å²) in [5.41, 5.74) is 0.0450. The van der Waals surface area contributed by atoms with Gasteiger partial charge in [0.05, 0.1) is 16.7 Å². The number of benzene rings is 1. The van der Waals surface area contributed by atoms with Crippen molar-refractivity contribution in [2.75, 3.05) is 45.8 Å². The Morgan fingerprint density at radius 2 is 1.62 bits per heavy atom. The second-order valence-corrected chi connectivity index (χ2v) is 8.97. The van der Waals surface area contributed by atoms with Gasteiger partial charge in [-0.25, -0.2) is 0 Å². The lowest BCUT2D eigenvalue weighted by Gasteiger charge is -2.36. The van der Waals surface area contributed by atoms with E-state index in [-0.39, 0.29) is 22.8 Å². The van der Waals surface area contributed by atoms with Crippen LogP contribution in [-0.2, 0) is 9.59 Å². The SMILES string of the molecule is CC(Sc1ccc([N+](=O)[O-])cc1)C(=O)N1CCN(CC(=O)N2CCCCC2)CC1. The van der Waals surface area contributed by atoms with Crippen LogP contribution in [0.4, 0.5) is 5.69 Å². The third-order valence-electron chi connectivity index (χ3n) is 5.46. The van der Waals surface area contributed by atoms with Gasteiger partial charge in [0.2, 0.25) is 11.8 Å². The Balaban J connectivity index is 1.44. The molecule has 1 aromatic rings. The molecule has 2 amide bonds. The number of hydrogen-bond acceptors (Lipinski definition) is 6. The molecule has 1 atom stereocenters. The third-order valence-corrected chi connectivity index (χ3v) is 6.56. The fourth-order valence-electron chi connectivity index (χ4n) is 3.72. The van der Waals surface area contributed by atoms with Gasteiger partial charge in [-0.15, -0.1) is 11.8 Å². The molecule has 1 aromatic carbocycles. The standard InChI is InChI=1S/C20H28N4O4S/c1-16(29-18-7-5-17(6-8-18)24(27)28)20(26)23-13-11-21(12-14-23)15-19(25)22-9-3-2-4-10-22/h5-8,16H,2-4,9-15H2,1H3. The van der Waals surface area contributed by atoms with Crippen molar-refractivity contribution in [3.8, 4) is 0 Å². The van der Waals surface area contributed by atoms with E-state index in [1.807, 2.05) is 16.7 Å². The topological polar surface area (TPSA) is 87.0 Å². The minimum Gasteiger partial charge on any atom is -0.342 e. The number of rotatable bonds is 6. The van der Waals surface area contributed by atoms with Crippen molar-refractivity contribution in [2.45, 2.75) is 36.3 Å². The molecule has 0 bridgehead atoms. The Hall–Kier alpha value is -2.13. The number of likely N-dealkylation sites (tertiary alicyclic amines) is 1. The van der Waals surface area contributed by atoms with Gasteiger partial charge < -0.3 is 9.80 Å². The molecule has 3 rings (SSSR count). The zero-order valence-corrected chi connectivity index (χ0v) is 17.6. The fourth-order valence-corrected chi connectivity index (χ4v) is 4.67. The van der Waals surface area contributed by atoms with Gasteiger partial charge in [-0.1, -0.05) is 0 Å². The molecule has 2 aliphatic heterocycles. The first-order valence-electron chi connectivity index (χ1n) is 10.1. The molecular weight excluding hydrogens is 392 g/mol. The van der Waals surface area contributed by atoms with E-state index in [0.717, 1.165) is 30.8 Å². The molecular formula is C20H28N4O4S. The number of nitro benzene ring substituents is 1. The van der Waals surface area contributed by atoms with Gasteiger partial charge in [0.1, 0.15) is 0 Å². The largest absolute Gasteiger partial charge is 0.342 e. The summed E-state index contributed by atoms with van der Waals surface area (Å²) in [7, 11) is 0. The van der Waals surface area contributed by atoms with Crippen LogP contribution in [0.1, 0.15) is 26.2 Å². The van der Waals surface area contributed by atoms with Crippen LogP contribution in [0.2, 0.25) is 0 Å². The molecule has 0 N–H and O–H groups in total. The molecule has 158 valence electrons. The number of piperazine rings is 1. The van der Waals surface area contributed by atoms with Crippen molar-refractivity contribution in [3.63, 3.8) is 0 Å². The highest BCUT2D eigenvalue weighted by Gasteiger charge is 2.27. The normalized spacial score (nSPS) is 19.1. The van der Waals surface area contributed by atoms with Crippen LogP contribution in [0, 0.1) is 10.1 Å². The number of piperidine rings is 1. The Morgan fingerprint density at radius 1 is 1.00 bits per heavy atom. The second-order valence-electron chi connectivity index (χ2n) is 7.55. The van der Waals surface area contributed by atoms with Gasteiger partial charge in [-0.2, -0.15) is 0 Å². The lowest BCUT2D eigenvalue weighted by molar-refractivity contribution is -0.384. The second kappa shape index (κ2) is 10.1. The lowest BCUT2D eigenvalue weighted by atomic mass is 10.1. The van der Waals surface area contributed by atoms with Gasteiger partial charge in [-0.3, -0.25) is 24.6 Å². The molecule has 2 fully saturated rings. The van der Waals surface area contributed by atoms with Crippen molar-refractivity contribution in [1.82, 2.24) is 14.7 Å². The summed E-state index contributed by atoms with van der Waals surface area (Å²) in [6.45, 7) is 6.70. The van der Waals surface area contributed by atoms with E-state index in [9.17, 15) is 19.7 Å². The van der Waals surface area contributed by atoms with E-state index >= 15 is 0 Å². The number of carbonyl (C=O) groups excluding carboxylic acids is 2. The van der Waals surface area contributed by atoms with Crippen molar-refractivity contribution in [3.05, 3.63) is 34.4 Å². The summed E-state index contributed by atoms with van der Waals surface area (Å²) in [5, 5.41) is 10.5. The third kappa shape index (κ3) is 5.93. The average Bonchev–Trinajstić information content (AvgIpc) is 2.74. The number of carbonyl (C=O) groups is 2. The van der Waals surface area contributed by atoms with Gasteiger partial charge >= 0.3 is 0 Å². The summed E-state index contributed by atoms with van der Waals surface area (Å²) in [4.78, 5) is 42.3. The van der Waals surface area contributed by atoms with Crippen molar-refractivity contribution >= 4 is 29.3 Å². The molecule has 0 aromatic heterocycles. The van der Waals surface area contributed by atoms with E-state index < -0.39 is 4.92 Å². The number of hydrogen-bond donors (Lipinski definition) is 0. The molecule has 1 unspecified atom stereocenters. The maximum Gasteiger partial charge on any atom is 0.269 e. The fraction of sp³-hybridized carbons (Fsp3) is 0.600. The monoisotopic (exact) mass is 420 g/mol. The van der Waals surface area contributed by atoms with Gasteiger partial charge in [-0.05, 0) is 38.3 Å². The smallest absolute Gasteiger partial charge is 0.269 e. The highest BCUT2D eigenvalue weighted by Crippen LogP contribution is 2.26. The molecule has 0 spiro atoms. The predicted octanol–water partition coefficient (Wildman–Crippen LogP) is 2.23. The highest BCUT2D eigenvalue weighted by atomic mass is 32.2. The van der Waals surface area contributed by atoms with Crippen LogP contribution in [0.25, 0.3) is 0 Å². The van der Waals surface area contributed by atoms with Crippen molar-refractivity contribution in [1.29, 1.82) is 0 Å². The first-order chi connectivity index (χ1) is 13.9. The number of thioether (sulfide) groups is 1. The van der Waals surface area contributed by atoms with E-state index in [0.29, 0.717) is 32.7 Å². The molecule has 8 nitrogen and oxygen atoms in total. The molecule has 0 aliphatic carbocycles. The van der Waals surface area contributed by atoms with Crippen LogP contribution in [0.3, 0.4) is 0 Å². The van der Waals surface area contributed by atoms with Crippen LogP contribution in [0.5, 0.6) is 0 Å². The van der Waals surface area contributed by atoms with Crippen molar-refractivity contribution in [2.24, 2.45) is 0 Å². The Kier molecular flexibility index (Phi) is 7.49. The summed E-state index contributed by atoms with van der Waals surface area (Å²) in [6.07, 6.45) is 3.40. The predicted molar refractivity (Wildman–Crippen MR) is 112 cm³/mol. The summed E-state index contributed by atoms with van der Waals surface area (Å²) < 4.78 is 0. The Bertz CT molecular complexity index is 729. The zero-order valence-electron chi connectivity index (χ0n) is 16.8. The average molecular weight is 421 g/mol. The van der Waals surface area contributed by atoms with Crippen molar-refractivity contribution < 1.29 is 14.5 Å². The number of amides is 2. The quantitative estimate of drug-likeness (QED) is 0.398. The number of non-ortho nitro benzene ring substituents is 1. The number of nitrogens with zero attached hydrogens (tertiary/aromatic N) is 4. The maximum absolute atomic E-state index is 12.8. The molecule has 2 heterocycles. The van der Waals surface area contributed by atoms with Crippen LogP contribution < -0.4 is 0 Å². The zero-order chi connectivity index (χ0) is 20.8. The van der Waals surface area contributed by atoms with Gasteiger partial charge in [0, 0.05) is 56.3 Å². The van der Waals surface area contributed by atoms with Crippen LogP contribution in [0.15, 0.2) is 29.2 Å². The molecule has 0 saturated carbocycles. The van der Waals surface area contributed by atoms with E-state index in [1.165, 1.54) is 30.3 Å². The van der Waals surface area contributed by atoms with E-state index in [1.54, 1.807) is 12.1 Å². The van der Waals surface area contributed by atoms with E-state index in [2.05, 4.69) is 4.90 Å². The Labute approximate surface area is 175 Å². The lowest BCUT2D eigenvalue weighted by Crippen LogP contribution is -2.53. The first-order valence-corrected chi connectivity index (χ1v) is 11.0.